The predicted molar refractivity (Wildman–Crippen MR) is 52.0 cm³/mol. The van der Waals surface area contributed by atoms with Crippen LogP contribution < -0.4 is 0 Å². The fraction of sp³-hybridized carbons (Fsp3) is 0.500. The van der Waals surface area contributed by atoms with E-state index in [2.05, 4.69) is 13.8 Å². The van der Waals surface area contributed by atoms with Crippen LogP contribution in [-0.4, -0.2) is 0 Å². The Hall–Kier alpha value is -0.920. The van der Waals surface area contributed by atoms with Gasteiger partial charge in [0.15, 0.2) is 11.6 Å². The number of hydrogen-bond acceptors (Lipinski definition) is 0. The van der Waals surface area contributed by atoms with Gasteiger partial charge in [0.05, 0.1) is 0 Å². The van der Waals surface area contributed by atoms with E-state index in [9.17, 15) is 8.78 Å². The van der Waals surface area contributed by atoms with Crippen molar-refractivity contribution in [3.8, 4) is 0 Å². The second kappa shape index (κ2) is 3.34. The van der Waals surface area contributed by atoms with Crippen LogP contribution in [0.4, 0.5) is 8.78 Å². The predicted octanol–water partition coefficient (Wildman–Crippen LogP) is 3.72. The lowest BCUT2D eigenvalue weighted by atomic mass is 10.0. The maximum Gasteiger partial charge on any atom is 0.159 e. The smallest absolute Gasteiger partial charge is 0.159 e. The van der Waals surface area contributed by atoms with E-state index in [1.54, 1.807) is 6.07 Å². The van der Waals surface area contributed by atoms with Crippen LogP contribution in [0.3, 0.4) is 0 Å². The lowest BCUT2D eigenvalue weighted by Gasteiger charge is -2.03. The first kappa shape index (κ1) is 9.63. The number of hydrogen-bond donors (Lipinski definition) is 0. The largest absolute Gasteiger partial charge is 0.204 e. The molecule has 0 amide bonds. The first-order valence-electron chi connectivity index (χ1n) is 5.04. The average Bonchev–Trinajstić information content (AvgIpc) is 2.89. The molecule has 1 aliphatic rings. The van der Waals surface area contributed by atoms with Crippen LogP contribution in [0.5, 0.6) is 0 Å². The van der Waals surface area contributed by atoms with E-state index in [1.165, 1.54) is 12.1 Å². The molecule has 1 saturated carbocycles. The second-order valence-corrected chi connectivity index (χ2v) is 4.42. The second-order valence-electron chi connectivity index (χ2n) is 4.42. The number of halogens is 2. The normalized spacial score (nSPS) is 25.5. The molecule has 0 radical (unpaired) electrons. The minimum Gasteiger partial charge on any atom is -0.204 e. The summed E-state index contributed by atoms with van der Waals surface area (Å²) in [5, 5.41) is 0. The quantitative estimate of drug-likeness (QED) is 0.676. The zero-order chi connectivity index (χ0) is 10.3. The minimum absolute atomic E-state index is 0.449. The highest BCUT2D eigenvalue weighted by molar-refractivity contribution is 5.27. The number of rotatable bonds is 2. The van der Waals surface area contributed by atoms with Gasteiger partial charge in [0.1, 0.15) is 0 Å². The molecule has 14 heavy (non-hydrogen) atoms. The van der Waals surface area contributed by atoms with E-state index in [0.717, 1.165) is 12.0 Å². The third-order valence-corrected chi connectivity index (χ3v) is 3.07. The molecule has 0 aromatic heterocycles. The average molecular weight is 196 g/mol. The Kier molecular flexibility index (Phi) is 2.30. The molecule has 0 heterocycles. The molecular weight excluding hydrogens is 182 g/mol. The van der Waals surface area contributed by atoms with Crippen molar-refractivity contribution in [3.63, 3.8) is 0 Å². The standard InChI is InChI=1S/C12H14F2/c1-7(2)9-6-10(9)8-3-4-11(13)12(14)5-8/h3-5,7,9-10H,6H2,1-2H3/t9-,10-/m1/s1. The maximum absolute atomic E-state index is 12.9. The molecule has 76 valence electrons. The van der Waals surface area contributed by atoms with Crippen LogP contribution in [0.1, 0.15) is 31.7 Å². The van der Waals surface area contributed by atoms with Crippen molar-refractivity contribution in [2.75, 3.05) is 0 Å². The van der Waals surface area contributed by atoms with Crippen molar-refractivity contribution in [2.45, 2.75) is 26.2 Å². The van der Waals surface area contributed by atoms with Gasteiger partial charge in [-0.25, -0.2) is 8.78 Å². The molecule has 2 heteroatoms. The molecule has 0 N–H and O–H groups in total. The molecule has 1 aliphatic carbocycles. The first-order chi connectivity index (χ1) is 6.59. The van der Waals surface area contributed by atoms with Crippen molar-refractivity contribution in [1.82, 2.24) is 0 Å². The molecule has 1 aromatic carbocycles. The van der Waals surface area contributed by atoms with Crippen molar-refractivity contribution in [3.05, 3.63) is 35.4 Å². The third kappa shape index (κ3) is 1.66. The van der Waals surface area contributed by atoms with E-state index in [1.807, 2.05) is 0 Å². The van der Waals surface area contributed by atoms with Gasteiger partial charge in [0.25, 0.3) is 0 Å². The van der Waals surface area contributed by atoms with Gasteiger partial charge in [0, 0.05) is 0 Å². The van der Waals surface area contributed by atoms with E-state index in [4.69, 9.17) is 0 Å². The highest BCUT2D eigenvalue weighted by Crippen LogP contribution is 2.51. The molecule has 0 unspecified atom stereocenters. The van der Waals surface area contributed by atoms with Gasteiger partial charge >= 0.3 is 0 Å². The van der Waals surface area contributed by atoms with Crippen LogP contribution >= 0.6 is 0 Å². The summed E-state index contributed by atoms with van der Waals surface area (Å²) in [7, 11) is 0. The lowest BCUT2D eigenvalue weighted by Crippen LogP contribution is -1.93. The minimum atomic E-state index is -0.754. The summed E-state index contributed by atoms with van der Waals surface area (Å²) in [5.74, 6) is 0.255. The first-order valence-corrected chi connectivity index (χ1v) is 5.04. The van der Waals surface area contributed by atoms with Gasteiger partial charge in [0.2, 0.25) is 0 Å². The molecule has 0 nitrogen and oxygen atoms in total. The Balaban J connectivity index is 2.16. The lowest BCUT2D eigenvalue weighted by molar-refractivity contribution is 0.505. The Bertz CT molecular complexity index is 344. The zero-order valence-electron chi connectivity index (χ0n) is 8.43. The highest BCUT2D eigenvalue weighted by Gasteiger charge is 2.40. The Morgan fingerprint density at radius 2 is 1.93 bits per heavy atom. The summed E-state index contributed by atoms with van der Waals surface area (Å²) in [6.07, 6.45) is 1.11. The third-order valence-electron chi connectivity index (χ3n) is 3.07. The van der Waals surface area contributed by atoms with Crippen LogP contribution in [0.15, 0.2) is 18.2 Å². The van der Waals surface area contributed by atoms with Crippen LogP contribution in [-0.2, 0) is 0 Å². The Morgan fingerprint density at radius 1 is 1.21 bits per heavy atom. The summed E-state index contributed by atoms with van der Waals surface area (Å²) < 4.78 is 25.6. The van der Waals surface area contributed by atoms with Gasteiger partial charge in [-0.2, -0.15) is 0 Å². The van der Waals surface area contributed by atoms with Crippen molar-refractivity contribution in [2.24, 2.45) is 11.8 Å². The molecule has 1 aromatic rings. The highest BCUT2D eigenvalue weighted by atomic mass is 19.2. The van der Waals surface area contributed by atoms with E-state index in [0.29, 0.717) is 17.8 Å². The molecule has 0 spiro atoms. The molecule has 1 fully saturated rings. The fourth-order valence-electron chi connectivity index (χ4n) is 2.08. The molecular formula is C12H14F2. The number of benzene rings is 1. The molecule has 0 aliphatic heterocycles. The van der Waals surface area contributed by atoms with Gasteiger partial charge in [-0.05, 0) is 41.9 Å². The monoisotopic (exact) mass is 196 g/mol. The van der Waals surface area contributed by atoms with Crippen molar-refractivity contribution < 1.29 is 8.78 Å². The van der Waals surface area contributed by atoms with Gasteiger partial charge in [-0.15, -0.1) is 0 Å². The Labute approximate surface area is 82.9 Å². The topological polar surface area (TPSA) is 0 Å². The SMILES string of the molecule is CC(C)[C@H]1C[C@@H]1c1ccc(F)c(F)c1. The molecule has 2 rings (SSSR count). The van der Waals surface area contributed by atoms with Crippen molar-refractivity contribution in [1.29, 1.82) is 0 Å². The summed E-state index contributed by atoms with van der Waals surface area (Å²) in [6.45, 7) is 4.34. The summed E-state index contributed by atoms with van der Waals surface area (Å²) in [4.78, 5) is 0. The maximum atomic E-state index is 12.9. The summed E-state index contributed by atoms with van der Waals surface area (Å²) >= 11 is 0. The zero-order valence-corrected chi connectivity index (χ0v) is 8.43. The van der Waals surface area contributed by atoms with Gasteiger partial charge in [-0.1, -0.05) is 19.9 Å². The van der Waals surface area contributed by atoms with Crippen LogP contribution in [0.2, 0.25) is 0 Å². The van der Waals surface area contributed by atoms with Gasteiger partial charge in [-0.3, -0.25) is 0 Å². The summed E-state index contributed by atoms with van der Waals surface area (Å²) in [5.41, 5.74) is 0.947. The van der Waals surface area contributed by atoms with E-state index >= 15 is 0 Å². The molecule has 0 saturated heterocycles. The Morgan fingerprint density at radius 3 is 2.43 bits per heavy atom. The van der Waals surface area contributed by atoms with E-state index in [-0.39, 0.29) is 0 Å². The van der Waals surface area contributed by atoms with E-state index < -0.39 is 11.6 Å². The van der Waals surface area contributed by atoms with Crippen LogP contribution in [0, 0.1) is 23.5 Å². The summed E-state index contributed by atoms with van der Waals surface area (Å²) in [6, 6.07) is 4.26. The van der Waals surface area contributed by atoms with Crippen molar-refractivity contribution >= 4 is 0 Å². The molecule has 0 bridgehead atoms. The molecule has 2 atom stereocenters. The fourth-order valence-corrected chi connectivity index (χ4v) is 2.08. The van der Waals surface area contributed by atoms with Crippen LogP contribution in [0.25, 0.3) is 0 Å². The van der Waals surface area contributed by atoms with Gasteiger partial charge < -0.3 is 0 Å².